The summed E-state index contributed by atoms with van der Waals surface area (Å²) in [6, 6.07) is 9.58. The molecule has 144 valence electrons. The molecule has 2 N–H and O–H groups in total. The van der Waals surface area contributed by atoms with Gasteiger partial charge in [-0.3, -0.25) is 4.79 Å². The lowest BCUT2D eigenvalue weighted by atomic mass is 9.88. The van der Waals surface area contributed by atoms with Gasteiger partial charge in [0.25, 0.3) is 5.91 Å². The van der Waals surface area contributed by atoms with Crippen LogP contribution in [-0.2, 0) is 16.4 Å². The van der Waals surface area contributed by atoms with E-state index in [0.717, 1.165) is 44.1 Å². The largest absolute Gasteiger partial charge is 0.356 e. The average molecular weight is 388 g/mol. The minimum atomic E-state index is -3.53. The first-order chi connectivity index (χ1) is 13.1. The van der Waals surface area contributed by atoms with Crippen molar-refractivity contribution in [3.8, 4) is 0 Å². The highest BCUT2D eigenvalue weighted by Gasteiger charge is 2.28. The molecule has 0 radical (unpaired) electrons. The Bertz CT molecular complexity index is 929. The lowest BCUT2D eigenvalue weighted by Gasteiger charge is -2.26. The number of H-pyrrole nitrogens is 1. The number of aromatic nitrogens is 1. The monoisotopic (exact) mass is 387 g/mol. The van der Waals surface area contributed by atoms with Crippen LogP contribution in [0.4, 0.5) is 0 Å². The van der Waals surface area contributed by atoms with Crippen molar-refractivity contribution in [1.82, 2.24) is 14.6 Å². The van der Waals surface area contributed by atoms with E-state index in [4.69, 9.17) is 0 Å². The van der Waals surface area contributed by atoms with E-state index in [1.807, 2.05) is 12.1 Å². The van der Waals surface area contributed by atoms with Crippen LogP contribution in [0.3, 0.4) is 0 Å². The van der Waals surface area contributed by atoms with E-state index in [2.05, 4.69) is 22.4 Å². The highest BCUT2D eigenvalue weighted by Crippen LogP contribution is 2.30. The number of piperidine rings is 1. The SMILES string of the molecule is O=C(N[C@@H]1CCCc2ccccc21)c1cc(S(=O)(=O)N2CCCCC2)c[nH]1. The molecular weight excluding hydrogens is 362 g/mol. The summed E-state index contributed by atoms with van der Waals surface area (Å²) in [6.45, 7) is 1.10. The molecule has 1 aromatic heterocycles. The lowest BCUT2D eigenvalue weighted by molar-refractivity contribution is 0.0928. The Morgan fingerprint density at radius 3 is 2.70 bits per heavy atom. The molecule has 0 spiro atoms. The molecule has 2 aromatic rings. The Balaban J connectivity index is 1.50. The minimum absolute atomic E-state index is 0.0344. The summed E-state index contributed by atoms with van der Waals surface area (Å²) in [4.78, 5) is 15.7. The fraction of sp³-hybridized carbons (Fsp3) is 0.450. The minimum Gasteiger partial charge on any atom is -0.356 e. The van der Waals surface area contributed by atoms with Gasteiger partial charge in [-0.25, -0.2) is 8.42 Å². The van der Waals surface area contributed by atoms with Gasteiger partial charge >= 0.3 is 0 Å². The maximum Gasteiger partial charge on any atom is 0.268 e. The highest BCUT2D eigenvalue weighted by molar-refractivity contribution is 7.89. The molecule has 1 aliphatic heterocycles. The average Bonchev–Trinajstić information content (AvgIpc) is 3.20. The highest BCUT2D eigenvalue weighted by atomic mass is 32.2. The second-order valence-electron chi connectivity index (χ2n) is 7.33. The predicted octanol–water partition coefficient (Wildman–Crippen LogP) is 3.00. The zero-order valence-electron chi connectivity index (χ0n) is 15.3. The number of sulfonamides is 1. The van der Waals surface area contributed by atoms with Crippen molar-refractivity contribution in [2.75, 3.05) is 13.1 Å². The third-order valence-electron chi connectivity index (χ3n) is 5.53. The van der Waals surface area contributed by atoms with Crippen LogP contribution in [0.1, 0.15) is 59.8 Å². The molecule has 1 aliphatic carbocycles. The van der Waals surface area contributed by atoms with Gasteiger partial charge in [-0.1, -0.05) is 30.7 Å². The quantitative estimate of drug-likeness (QED) is 0.846. The summed E-state index contributed by atoms with van der Waals surface area (Å²) in [5, 5.41) is 3.06. The van der Waals surface area contributed by atoms with Gasteiger partial charge in [0.2, 0.25) is 10.0 Å². The number of aromatic amines is 1. The molecule has 1 atom stereocenters. The summed E-state index contributed by atoms with van der Waals surface area (Å²) in [6.07, 6.45) is 7.21. The van der Waals surface area contributed by atoms with Crippen molar-refractivity contribution in [1.29, 1.82) is 0 Å². The normalized spacial score (nSPS) is 20.8. The van der Waals surface area contributed by atoms with E-state index in [1.165, 1.54) is 22.1 Å². The molecule has 0 bridgehead atoms. The number of nitrogens with zero attached hydrogens (tertiary/aromatic N) is 1. The molecule has 4 rings (SSSR count). The first-order valence-electron chi connectivity index (χ1n) is 9.63. The zero-order chi connectivity index (χ0) is 18.9. The Kier molecular flexibility index (Phi) is 5.06. The Labute approximate surface area is 160 Å². The maximum absolute atomic E-state index is 12.8. The number of nitrogens with one attached hydrogen (secondary N) is 2. The number of hydrogen-bond acceptors (Lipinski definition) is 3. The molecule has 0 saturated carbocycles. The summed E-state index contributed by atoms with van der Waals surface area (Å²) in [5.74, 6) is -0.267. The number of fused-ring (bicyclic) bond motifs is 1. The number of amides is 1. The van der Waals surface area contributed by atoms with Crippen molar-refractivity contribution in [2.45, 2.75) is 49.5 Å². The molecule has 1 fully saturated rings. The van der Waals surface area contributed by atoms with Crippen molar-refractivity contribution < 1.29 is 13.2 Å². The number of carbonyl (C=O) groups is 1. The van der Waals surface area contributed by atoms with Gasteiger partial charge in [0.05, 0.1) is 6.04 Å². The molecular formula is C20H25N3O3S. The molecule has 7 heteroatoms. The molecule has 2 heterocycles. The number of rotatable bonds is 4. The standard InChI is InChI=1S/C20H25N3O3S/c24-20(22-18-10-6-8-15-7-2-3-9-17(15)18)19-13-16(14-21-19)27(25,26)23-11-4-1-5-12-23/h2-3,7,9,13-14,18,21H,1,4-6,8,10-12H2,(H,22,24)/t18-/m1/s1. The maximum atomic E-state index is 12.8. The van der Waals surface area contributed by atoms with E-state index in [-0.39, 0.29) is 22.5 Å². The van der Waals surface area contributed by atoms with Crippen LogP contribution in [0.15, 0.2) is 41.4 Å². The van der Waals surface area contributed by atoms with Gasteiger partial charge in [0.1, 0.15) is 10.6 Å². The fourth-order valence-electron chi connectivity index (χ4n) is 4.05. The third kappa shape index (κ3) is 3.66. The summed E-state index contributed by atoms with van der Waals surface area (Å²) in [7, 11) is -3.53. The molecule has 0 unspecified atom stereocenters. The second kappa shape index (κ2) is 7.48. The van der Waals surface area contributed by atoms with Crippen LogP contribution in [-0.4, -0.2) is 36.7 Å². The van der Waals surface area contributed by atoms with Crippen LogP contribution in [0, 0.1) is 0 Å². The Morgan fingerprint density at radius 2 is 1.89 bits per heavy atom. The first kappa shape index (κ1) is 18.3. The topological polar surface area (TPSA) is 82.3 Å². The smallest absolute Gasteiger partial charge is 0.268 e. The van der Waals surface area contributed by atoms with Gasteiger partial charge in [0.15, 0.2) is 0 Å². The summed E-state index contributed by atoms with van der Waals surface area (Å²) >= 11 is 0. The molecule has 1 saturated heterocycles. The molecule has 2 aliphatic rings. The van der Waals surface area contributed by atoms with Gasteiger partial charge < -0.3 is 10.3 Å². The van der Waals surface area contributed by atoms with Crippen LogP contribution < -0.4 is 5.32 Å². The fourth-order valence-corrected chi connectivity index (χ4v) is 5.56. The van der Waals surface area contributed by atoms with Crippen molar-refractivity contribution in [3.63, 3.8) is 0 Å². The summed E-state index contributed by atoms with van der Waals surface area (Å²) < 4.78 is 27.0. The molecule has 1 aromatic carbocycles. The molecule has 1 amide bonds. The van der Waals surface area contributed by atoms with Crippen LogP contribution in [0.25, 0.3) is 0 Å². The van der Waals surface area contributed by atoms with Crippen LogP contribution in [0.5, 0.6) is 0 Å². The second-order valence-corrected chi connectivity index (χ2v) is 9.27. The number of aryl methyl sites for hydroxylation is 1. The van der Waals surface area contributed by atoms with Gasteiger partial charge in [-0.05, 0) is 49.3 Å². The van der Waals surface area contributed by atoms with Crippen molar-refractivity contribution >= 4 is 15.9 Å². The first-order valence-corrected chi connectivity index (χ1v) is 11.1. The van der Waals surface area contributed by atoms with E-state index in [9.17, 15) is 13.2 Å². The number of carbonyl (C=O) groups excluding carboxylic acids is 1. The molecule has 6 nitrogen and oxygen atoms in total. The zero-order valence-corrected chi connectivity index (χ0v) is 16.1. The van der Waals surface area contributed by atoms with Crippen LogP contribution >= 0.6 is 0 Å². The van der Waals surface area contributed by atoms with E-state index < -0.39 is 10.0 Å². The lowest BCUT2D eigenvalue weighted by Crippen LogP contribution is -2.35. The van der Waals surface area contributed by atoms with E-state index >= 15 is 0 Å². The van der Waals surface area contributed by atoms with Crippen molar-refractivity contribution in [3.05, 3.63) is 53.3 Å². The van der Waals surface area contributed by atoms with Gasteiger partial charge in [-0.2, -0.15) is 4.31 Å². The van der Waals surface area contributed by atoms with E-state index in [1.54, 1.807) is 0 Å². The number of hydrogen-bond donors (Lipinski definition) is 2. The summed E-state index contributed by atoms with van der Waals surface area (Å²) in [5.41, 5.74) is 2.72. The molecule has 27 heavy (non-hydrogen) atoms. The number of benzene rings is 1. The predicted molar refractivity (Wildman–Crippen MR) is 103 cm³/mol. The van der Waals surface area contributed by atoms with Crippen molar-refractivity contribution in [2.24, 2.45) is 0 Å². The Morgan fingerprint density at radius 1 is 1.11 bits per heavy atom. The van der Waals surface area contributed by atoms with Crippen LogP contribution in [0.2, 0.25) is 0 Å². The van der Waals surface area contributed by atoms with Gasteiger partial charge in [-0.15, -0.1) is 0 Å². The van der Waals surface area contributed by atoms with Gasteiger partial charge in [0, 0.05) is 19.3 Å². The third-order valence-corrected chi connectivity index (χ3v) is 7.41. The van der Waals surface area contributed by atoms with E-state index in [0.29, 0.717) is 13.1 Å². The Hall–Kier alpha value is -2.12.